The normalized spacial score (nSPS) is 12.6. The summed E-state index contributed by atoms with van der Waals surface area (Å²) in [7, 11) is 0. The monoisotopic (exact) mass is 391 g/mol. The van der Waals surface area contributed by atoms with Crippen molar-refractivity contribution in [3.8, 4) is 5.75 Å². The predicted molar refractivity (Wildman–Crippen MR) is 96.0 cm³/mol. The number of halogens is 3. The van der Waals surface area contributed by atoms with Gasteiger partial charge in [0, 0.05) is 17.5 Å². The van der Waals surface area contributed by atoms with Crippen LogP contribution in [0.4, 0.5) is 13.2 Å². The Balaban J connectivity index is 1.71. The van der Waals surface area contributed by atoms with Gasteiger partial charge in [0.2, 0.25) is 0 Å². The van der Waals surface area contributed by atoms with E-state index < -0.39 is 23.3 Å². The molecule has 28 heavy (non-hydrogen) atoms. The lowest BCUT2D eigenvalue weighted by atomic mass is 10.1. The fraction of sp³-hybridized carbons (Fsp3) is 0.200. The third-order valence-corrected chi connectivity index (χ3v) is 4.07. The van der Waals surface area contributed by atoms with Gasteiger partial charge in [-0.3, -0.25) is 4.79 Å². The summed E-state index contributed by atoms with van der Waals surface area (Å²) in [6.45, 7) is 1.47. The van der Waals surface area contributed by atoms with Crippen LogP contribution in [0.2, 0.25) is 0 Å². The molecule has 2 aromatic carbocycles. The zero-order valence-corrected chi connectivity index (χ0v) is 14.7. The number of nitrogens with one attached hydrogen (secondary N) is 1. The first-order valence-electron chi connectivity index (χ1n) is 8.36. The molecule has 1 N–H and O–H groups in total. The molecule has 0 aliphatic carbocycles. The molecule has 0 aliphatic heterocycles. The average Bonchev–Trinajstić information content (AvgIpc) is 2.65. The maximum Gasteiger partial charge on any atom is 0.417 e. The molecule has 0 fully saturated rings. The maximum absolute atomic E-state index is 13.0. The smallest absolute Gasteiger partial charge is 0.417 e. The molecule has 0 spiro atoms. The lowest BCUT2D eigenvalue weighted by Crippen LogP contribution is -2.31. The van der Waals surface area contributed by atoms with E-state index in [4.69, 9.17) is 9.15 Å². The maximum atomic E-state index is 13.0. The molecule has 1 aromatic heterocycles. The minimum atomic E-state index is -4.69. The summed E-state index contributed by atoms with van der Waals surface area (Å²) >= 11 is 0. The van der Waals surface area contributed by atoms with E-state index in [1.54, 1.807) is 0 Å². The first-order valence-corrected chi connectivity index (χ1v) is 8.36. The van der Waals surface area contributed by atoms with Crippen molar-refractivity contribution in [1.82, 2.24) is 5.32 Å². The van der Waals surface area contributed by atoms with Crippen LogP contribution in [0.5, 0.6) is 5.75 Å². The van der Waals surface area contributed by atoms with E-state index in [0.717, 1.165) is 17.7 Å². The fourth-order valence-electron chi connectivity index (χ4n) is 2.72. The highest BCUT2D eigenvalue weighted by Gasteiger charge is 2.33. The second-order valence-corrected chi connectivity index (χ2v) is 6.12. The molecule has 5 nitrogen and oxygen atoms in total. The van der Waals surface area contributed by atoms with Gasteiger partial charge in [0.05, 0.1) is 11.6 Å². The van der Waals surface area contributed by atoms with Gasteiger partial charge in [0.25, 0.3) is 5.91 Å². The number of carbonyl (C=O) groups excluding carboxylic acids is 1. The number of amides is 1. The molecule has 0 saturated heterocycles. The van der Waals surface area contributed by atoms with Crippen molar-refractivity contribution in [3.05, 3.63) is 76.1 Å². The minimum Gasteiger partial charge on any atom is -0.484 e. The first kappa shape index (κ1) is 19.5. The minimum absolute atomic E-state index is 0.109. The third kappa shape index (κ3) is 4.51. The van der Waals surface area contributed by atoms with Gasteiger partial charge in [-0.25, -0.2) is 4.79 Å². The van der Waals surface area contributed by atoms with E-state index >= 15 is 0 Å². The Morgan fingerprint density at radius 1 is 1.14 bits per heavy atom. The van der Waals surface area contributed by atoms with Crippen LogP contribution >= 0.6 is 0 Å². The molecular formula is C20H16F3NO4. The SMILES string of the molecule is CC(NC(=O)COc1ccc2c(C(F)(F)F)cc(=O)oc2c1)c1ccccc1. The van der Waals surface area contributed by atoms with Gasteiger partial charge in [-0.1, -0.05) is 30.3 Å². The summed E-state index contributed by atoms with van der Waals surface area (Å²) in [5, 5.41) is 2.49. The first-order chi connectivity index (χ1) is 13.2. The van der Waals surface area contributed by atoms with Crippen LogP contribution < -0.4 is 15.7 Å². The molecule has 1 amide bonds. The predicted octanol–water partition coefficient (Wildman–Crippen LogP) is 4.07. The zero-order chi connectivity index (χ0) is 20.3. The van der Waals surface area contributed by atoms with Crippen LogP contribution in [-0.4, -0.2) is 12.5 Å². The van der Waals surface area contributed by atoms with Crippen molar-refractivity contribution in [2.75, 3.05) is 6.61 Å². The zero-order valence-electron chi connectivity index (χ0n) is 14.7. The van der Waals surface area contributed by atoms with Gasteiger partial charge in [0.1, 0.15) is 11.3 Å². The molecule has 0 bridgehead atoms. The van der Waals surface area contributed by atoms with E-state index in [1.807, 2.05) is 37.3 Å². The topological polar surface area (TPSA) is 68.5 Å². The van der Waals surface area contributed by atoms with E-state index in [0.29, 0.717) is 6.07 Å². The highest BCUT2D eigenvalue weighted by Crippen LogP contribution is 2.34. The Kier molecular flexibility index (Phi) is 5.39. The standard InChI is InChI=1S/C20H16F3NO4/c1-12(13-5-3-2-4-6-13)24-18(25)11-27-14-7-8-15-16(20(21,22)23)10-19(26)28-17(15)9-14/h2-10,12H,11H2,1H3,(H,24,25). The van der Waals surface area contributed by atoms with Crippen LogP contribution in [-0.2, 0) is 11.0 Å². The quantitative estimate of drug-likeness (QED) is 0.666. The van der Waals surface area contributed by atoms with Crippen molar-refractivity contribution in [2.45, 2.75) is 19.1 Å². The molecule has 1 heterocycles. The lowest BCUT2D eigenvalue weighted by Gasteiger charge is -2.15. The van der Waals surface area contributed by atoms with Gasteiger partial charge in [-0.2, -0.15) is 13.2 Å². The van der Waals surface area contributed by atoms with Crippen molar-refractivity contribution in [3.63, 3.8) is 0 Å². The second-order valence-electron chi connectivity index (χ2n) is 6.12. The Hall–Kier alpha value is -3.29. The van der Waals surface area contributed by atoms with Gasteiger partial charge < -0.3 is 14.5 Å². The summed E-state index contributed by atoms with van der Waals surface area (Å²) in [6, 6.07) is 13.1. The number of ether oxygens (including phenoxy) is 1. The summed E-state index contributed by atoms with van der Waals surface area (Å²) in [4.78, 5) is 23.5. The van der Waals surface area contributed by atoms with E-state index in [9.17, 15) is 22.8 Å². The molecule has 0 radical (unpaired) electrons. The molecular weight excluding hydrogens is 375 g/mol. The highest BCUT2D eigenvalue weighted by molar-refractivity contribution is 5.82. The number of benzene rings is 2. The number of fused-ring (bicyclic) bond motifs is 1. The average molecular weight is 391 g/mol. The summed E-state index contributed by atoms with van der Waals surface area (Å²) in [5.41, 5.74) is -1.55. The fourth-order valence-corrected chi connectivity index (χ4v) is 2.72. The van der Waals surface area contributed by atoms with Crippen molar-refractivity contribution in [2.24, 2.45) is 0 Å². The Morgan fingerprint density at radius 2 is 1.86 bits per heavy atom. The molecule has 3 aromatic rings. The lowest BCUT2D eigenvalue weighted by molar-refractivity contribution is -0.136. The van der Waals surface area contributed by atoms with Crippen LogP contribution in [0.1, 0.15) is 24.1 Å². The number of alkyl halides is 3. The van der Waals surface area contributed by atoms with E-state index in [-0.39, 0.29) is 29.4 Å². The highest BCUT2D eigenvalue weighted by atomic mass is 19.4. The largest absolute Gasteiger partial charge is 0.484 e. The third-order valence-electron chi connectivity index (χ3n) is 4.07. The Labute approximate surface area is 157 Å². The molecule has 1 atom stereocenters. The molecule has 1 unspecified atom stereocenters. The second kappa shape index (κ2) is 7.75. The molecule has 0 saturated carbocycles. The Bertz CT molecular complexity index is 1040. The van der Waals surface area contributed by atoms with Crippen LogP contribution in [0.25, 0.3) is 11.0 Å². The van der Waals surface area contributed by atoms with Crippen LogP contribution in [0, 0.1) is 0 Å². The van der Waals surface area contributed by atoms with Gasteiger partial charge in [-0.05, 0) is 24.6 Å². The Morgan fingerprint density at radius 3 is 2.54 bits per heavy atom. The summed E-state index contributed by atoms with van der Waals surface area (Å²) in [6.07, 6.45) is -4.69. The van der Waals surface area contributed by atoms with Crippen molar-refractivity contribution < 1.29 is 27.1 Å². The summed E-state index contributed by atoms with van der Waals surface area (Å²) < 4.78 is 49.3. The number of hydrogen-bond acceptors (Lipinski definition) is 4. The van der Waals surface area contributed by atoms with E-state index in [2.05, 4.69) is 5.32 Å². The molecule has 0 aliphatic rings. The van der Waals surface area contributed by atoms with E-state index in [1.165, 1.54) is 6.07 Å². The number of carbonyl (C=O) groups is 1. The molecule has 3 rings (SSSR count). The van der Waals surface area contributed by atoms with Gasteiger partial charge in [0.15, 0.2) is 6.61 Å². The van der Waals surface area contributed by atoms with Crippen LogP contribution in [0.15, 0.2) is 63.8 Å². The van der Waals surface area contributed by atoms with Crippen molar-refractivity contribution >= 4 is 16.9 Å². The van der Waals surface area contributed by atoms with Gasteiger partial charge in [-0.15, -0.1) is 0 Å². The van der Waals surface area contributed by atoms with Crippen molar-refractivity contribution in [1.29, 1.82) is 0 Å². The number of hydrogen-bond donors (Lipinski definition) is 1. The van der Waals surface area contributed by atoms with Crippen LogP contribution in [0.3, 0.4) is 0 Å². The number of rotatable bonds is 5. The molecule has 146 valence electrons. The summed E-state index contributed by atoms with van der Waals surface area (Å²) in [5.74, 6) is -0.292. The molecule has 8 heteroatoms. The van der Waals surface area contributed by atoms with Gasteiger partial charge >= 0.3 is 11.8 Å².